The Hall–Kier alpha value is -2.08. The van der Waals surface area contributed by atoms with E-state index in [0.717, 1.165) is 31.2 Å². The van der Waals surface area contributed by atoms with Crippen LogP contribution in [0.5, 0.6) is 5.75 Å². The molecular weight excluding hydrogens is 320 g/mol. The lowest BCUT2D eigenvalue weighted by molar-refractivity contribution is -0.137. The smallest absolute Gasteiger partial charge is 0.255 e. The van der Waals surface area contributed by atoms with Gasteiger partial charge in [-0.05, 0) is 44.7 Å². The van der Waals surface area contributed by atoms with Crippen molar-refractivity contribution in [1.82, 2.24) is 10.2 Å². The minimum atomic E-state index is -0.391. The summed E-state index contributed by atoms with van der Waals surface area (Å²) in [6.45, 7) is 2.58. The van der Waals surface area contributed by atoms with E-state index in [2.05, 4.69) is 5.32 Å². The third-order valence-corrected chi connectivity index (χ3v) is 5.35. The zero-order valence-electron chi connectivity index (χ0n) is 15.1. The van der Waals surface area contributed by atoms with Crippen molar-refractivity contribution in [3.63, 3.8) is 0 Å². The number of carbonyl (C=O) groups is 2. The van der Waals surface area contributed by atoms with Gasteiger partial charge in [-0.25, -0.2) is 0 Å². The molecule has 0 bridgehead atoms. The van der Waals surface area contributed by atoms with Gasteiger partial charge >= 0.3 is 0 Å². The topological polar surface area (TPSA) is 67.9 Å². The number of rotatable bonds is 3. The van der Waals surface area contributed by atoms with Crippen molar-refractivity contribution in [1.29, 1.82) is 0 Å². The molecule has 25 heavy (non-hydrogen) atoms. The van der Waals surface area contributed by atoms with E-state index >= 15 is 0 Å². The number of carbonyl (C=O) groups excluding carboxylic acids is 2. The number of nitrogens with zero attached hydrogens (tertiary/aromatic N) is 1. The summed E-state index contributed by atoms with van der Waals surface area (Å²) in [6, 6.07) is 5.91. The summed E-state index contributed by atoms with van der Waals surface area (Å²) < 4.78 is 11.3. The van der Waals surface area contributed by atoms with Crippen LogP contribution in [0.2, 0.25) is 0 Å². The maximum atomic E-state index is 12.4. The minimum Gasteiger partial charge on any atom is -0.485 e. The molecule has 1 aromatic carbocycles. The predicted octanol–water partition coefficient (Wildman–Crippen LogP) is 1.90. The van der Waals surface area contributed by atoms with Crippen molar-refractivity contribution in [3.05, 3.63) is 29.3 Å². The summed E-state index contributed by atoms with van der Waals surface area (Å²) in [5.41, 5.74) is 1.25. The predicted molar refractivity (Wildman–Crippen MR) is 93.8 cm³/mol. The molecule has 2 aliphatic rings. The van der Waals surface area contributed by atoms with Crippen molar-refractivity contribution >= 4 is 11.8 Å². The fraction of sp³-hybridized carbons (Fsp3) is 0.579. The van der Waals surface area contributed by atoms with Crippen LogP contribution in [-0.4, -0.2) is 55.7 Å². The van der Waals surface area contributed by atoms with Gasteiger partial charge in [-0.3, -0.25) is 9.59 Å². The molecule has 1 aromatic rings. The van der Waals surface area contributed by atoms with Crippen molar-refractivity contribution in [2.75, 3.05) is 27.3 Å². The Morgan fingerprint density at radius 3 is 2.80 bits per heavy atom. The number of nitrogens with one attached hydrogen (secondary N) is 1. The number of fused-ring (bicyclic) bond motifs is 1. The van der Waals surface area contributed by atoms with Crippen LogP contribution in [-0.2, 0) is 9.53 Å². The summed E-state index contributed by atoms with van der Waals surface area (Å²) in [4.78, 5) is 26.2. The second kappa shape index (κ2) is 7.04. The van der Waals surface area contributed by atoms with Gasteiger partial charge in [0.25, 0.3) is 5.91 Å². The Balaban J connectivity index is 1.71. The highest BCUT2D eigenvalue weighted by molar-refractivity contribution is 5.97. The molecule has 1 aliphatic carbocycles. The molecule has 6 heteroatoms. The first-order valence-electron chi connectivity index (χ1n) is 8.76. The number of ether oxygens (including phenoxy) is 2. The van der Waals surface area contributed by atoms with E-state index in [1.54, 1.807) is 4.90 Å². The lowest BCUT2D eigenvalue weighted by Gasteiger charge is -2.42. The SMILES string of the molecule is COCC(=O)N(C)C1CCC2(CC1)CNC(=O)c1cc(C)ccc1O2. The van der Waals surface area contributed by atoms with Gasteiger partial charge in [-0.15, -0.1) is 0 Å². The van der Waals surface area contributed by atoms with Gasteiger partial charge in [0.1, 0.15) is 18.0 Å². The van der Waals surface area contributed by atoms with Gasteiger partial charge in [0.05, 0.1) is 12.1 Å². The van der Waals surface area contributed by atoms with Crippen LogP contribution in [0.1, 0.15) is 41.6 Å². The molecule has 1 heterocycles. The Labute approximate surface area is 148 Å². The van der Waals surface area contributed by atoms with Crippen LogP contribution < -0.4 is 10.1 Å². The fourth-order valence-corrected chi connectivity index (χ4v) is 3.74. The van der Waals surface area contributed by atoms with Crippen molar-refractivity contribution in [3.8, 4) is 5.75 Å². The lowest BCUT2D eigenvalue weighted by Crippen LogP contribution is -2.51. The zero-order chi connectivity index (χ0) is 18.0. The molecule has 0 unspecified atom stereocenters. The first-order chi connectivity index (χ1) is 11.9. The van der Waals surface area contributed by atoms with Gasteiger partial charge in [0, 0.05) is 20.2 Å². The molecule has 2 amide bonds. The van der Waals surface area contributed by atoms with Gasteiger partial charge in [-0.2, -0.15) is 0 Å². The Bertz CT molecular complexity index is 665. The molecule has 1 saturated carbocycles. The van der Waals surface area contributed by atoms with E-state index in [1.807, 2.05) is 32.2 Å². The van der Waals surface area contributed by atoms with E-state index in [-0.39, 0.29) is 24.5 Å². The van der Waals surface area contributed by atoms with Crippen molar-refractivity contribution in [2.24, 2.45) is 0 Å². The number of hydrogen-bond acceptors (Lipinski definition) is 4. The molecule has 1 N–H and O–H groups in total. The van der Waals surface area contributed by atoms with Gasteiger partial charge in [-0.1, -0.05) is 11.6 Å². The number of aryl methyl sites for hydroxylation is 1. The summed E-state index contributed by atoms with van der Waals surface area (Å²) >= 11 is 0. The fourth-order valence-electron chi connectivity index (χ4n) is 3.74. The first kappa shape index (κ1) is 17.7. The van der Waals surface area contributed by atoms with E-state index in [0.29, 0.717) is 17.9 Å². The Morgan fingerprint density at radius 1 is 1.40 bits per heavy atom. The maximum Gasteiger partial charge on any atom is 0.255 e. The van der Waals surface area contributed by atoms with Gasteiger partial charge < -0.3 is 19.7 Å². The van der Waals surface area contributed by atoms with Gasteiger partial charge in [0.15, 0.2) is 0 Å². The molecule has 1 aliphatic heterocycles. The summed E-state index contributed by atoms with van der Waals surface area (Å²) in [6.07, 6.45) is 3.30. The maximum absolute atomic E-state index is 12.4. The first-order valence-corrected chi connectivity index (χ1v) is 8.76. The quantitative estimate of drug-likeness (QED) is 0.908. The molecule has 0 aromatic heterocycles. The molecule has 6 nitrogen and oxygen atoms in total. The molecule has 0 radical (unpaired) electrons. The standard InChI is InChI=1S/C19H26N2O4/c1-13-4-5-16-15(10-13)18(23)20-12-19(25-16)8-6-14(7-9-19)21(2)17(22)11-24-3/h4-5,10,14H,6-9,11-12H2,1-3H3,(H,20,23). The molecule has 1 fully saturated rings. The van der Waals surface area contributed by atoms with Gasteiger partial charge in [0.2, 0.25) is 5.91 Å². The third kappa shape index (κ3) is 3.63. The van der Waals surface area contributed by atoms with Crippen molar-refractivity contribution < 1.29 is 19.1 Å². The monoisotopic (exact) mass is 346 g/mol. The second-order valence-corrected chi connectivity index (χ2v) is 7.14. The highest BCUT2D eigenvalue weighted by Gasteiger charge is 2.41. The van der Waals surface area contributed by atoms with Crippen LogP contribution in [0.15, 0.2) is 18.2 Å². The lowest BCUT2D eigenvalue weighted by atomic mass is 9.81. The average molecular weight is 346 g/mol. The Morgan fingerprint density at radius 2 is 2.12 bits per heavy atom. The molecule has 0 atom stereocenters. The summed E-state index contributed by atoms with van der Waals surface area (Å²) in [7, 11) is 3.36. The molecule has 3 rings (SSSR count). The van der Waals surface area contributed by atoms with Crippen LogP contribution in [0, 0.1) is 6.92 Å². The number of methoxy groups -OCH3 is 1. The highest BCUT2D eigenvalue weighted by atomic mass is 16.5. The Kier molecular flexibility index (Phi) is 4.99. The number of benzene rings is 1. The zero-order valence-corrected chi connectivity index (χ0v) is 15.1. The number of likely N-dealkylation sites (N-methyl/N-ethyl adjacent to an activating group) is 1. The van der Waals surface area contributed by atoms with E-state index < -0.39 is 5.60 Å². The van der Waals surface area contributed by atoms with E-state index in [9.17, 15) is 9.59 Å². The molecule has 1 spiro atoms. The molecular formula is C19H26N2O4. The van der Waals surface area contributed by atoms with E-state index in [4.69, 9.17) is 9.47 Å². The largest absolute Gasteiger partial charge is 0.485 e. The van der Waals surface area contributed by atoms with E-state index in [1.165, 1.54) is 7.11 Å². The second-order valence-electron chi connectivity index (χ2n) is 7.14. The normalized spacial score (nSPS) is 25.6. The third-order valence-electron chi connectivity index (χ3n) is 5.35. The van der Waals surface area contributed by atoms with Crippen LogP contribution in [0.3, 0.4) is 0 Å². The van der Waals surface area contributed by atoms with Crippen molar-refractivity contribution in [2.45, 2.75) is 44.2 Å². The molecule has 136 valence electrons. The highest BCUT2D eigenvalue weighted by Crippen LogP contribution is 2.37. The average Bonchev–Trinajstić information content (AvgIpc) is 2.73. The van der Waals surface area contributed by atoms with Crippen LogP contribution >= 0.6 is 0 Å². The summed E-state index contributed by atoms with van der Waals surface area (Å²) in [5.74, 6) is 0.576. The van der Waals surface area contributed by atoms with Crippen LogP contribution in [0.4, 0.5) is 0 Å². The van der Waals surface area contributed by atoms with Crippen LogP contribution in [0.25, 0.3) is 0 Å². The minimum absolute atomic E-state index is 0.000594. The summed E-state index contributed by atoms with van der Waals surface area (Å²) in [5, 5.41) is 3.01. The number of amides is 2. The number of hydrogen-bond donors (Lipinski definition) is 1. The molecule has 0 saturated heterocycles.